The van der Waals surface area contributed by atoms with Crippen molar-refractivity contribution in [3.8, 4) is 5.75 Å². The van der Waals surface area contributed by atoms with Crippen LogP contribution in [-0.4, -0.2) is 31.5 Å². The zero-order chi connectivity index (χ0) is 14.2. The molecule has 0 saturated heterocycles. The molecule has 5 nitrogen and oxygen atoms in total. The van der Waals surface area contributed by atoms with Crippen LogP contribution in [0.5, 0.6) is 5.75 Å². The van der Waals surface area contributed by atoms with Crippen LogP contribution in [-0.2, 0) is 9.59 Å². The summed E-state index contributed by atoms with van der Waals surface area (Å²) in [6, 6.07) is 9.39. The van der Waals surface area contributed by atoms with Gasteiger partial charge in [0.1, 0.15) is 5.75 Å². The summed E-state index contributed by atoms with van der Waals surface area (Å²) in [7, 11) is 0. The summed E-state index contributed by atoms with van der Waals surface area (Å²) in [5, 5.41) is 5.55. The van der Waals surface area contributed by atoms with Crippen LogP contribution in [0.1, 0.15) is 19.3 Å². The van der Waals surface area contributed by atoms with Crippen molar-refractivity contribution in [2.24, 2.45) is 5.92 Å². The maximum Gasteiger partial charge on any atom is 0.223 e. The van der Waals surface area contributed by atoms with Gasteiger partial charge in [0, 0.05) is 19.0 Å². The second-order valence-electron chi connectivity index (χ2n) is 4.83. The first-order valence-electron chi connectivity index (χ1n) is 6.98. The molecule has 1 aromatic carbocycles. The summed E-state index contributed by atoms with van der Waals surface area (Å²) in [5.74, 6) is 1.01. The standard InChI is InChI=1S/C15H20N2O3/c18-14(8-11-20-13-4-2-1-3-5-13)16-9-10-17-15(19)12-6-7-12/h1-5,12H,6-11H2,(H,16,18)(H,17,19). The number of nitrogens with one attached hydrogen (secondary N) is 2. The Bertz CT molecular complexity index is 444. The minimum absolute atomic E-state index is 0.0680. The smallest absolute Gasteiger partial charge is 0.223 e. The molecule has 1 aliphatic carbocycles. The number of ether oxygens (including phenoxy) is 1. The fourth-order valence-electron chi connectivity index (χ4n) is 1.74. The lowest BCUT2D eigenvalue weighted by molar-refractivity contribution is -0.123. The molecule has 1 aliphatic rings. The van der Waals surface area contributed by atoms with Gasteiger partial charge in [-0.25, -0.2) is 0 Å². The number of rotatable bonds is 8. The minimum Gasteiger partial charge on any atom is -0.493 e. The predicted molar refractivity (Wildman–Crippen MR) is 75.3 cm³/mol. The Labute approximate surface area is 118 Å². The Morgan fingerprint density at radius 2 is 1.80 bits per heavy atom. The maximum atomic E-state index is 11.5. The molecule has 0 heterocycles. The second kappa shape index (κ2) is 7.53. The quantitative estimate of drug-likeness (QED) is 0.699. The summed E-state index contributed by atoms with van der Waals surface area (Å²) in [6.07, 6.45) is 2.30. The summed E-state index contributed by atoms with van der Waals surface area (Å²) in [4.78, 5) is 22.9. The second-order valence-corrected chi connectivity index (χ2v) is 4.83. The molecule has 1 saturated carbocycles. The third-order valence-electron chi connectivity index (χ3n) is 3.04. The SMILES string of the molecule is O=C(CCOc1ccccc1)NCCNC(=O)C1CC1. The number of benzene rings is 1. The number of hydrogen-bond donors (Lipinski definition) is 2. The summed E-state index contributed by atoms with van der Waals surface area (Å²) in [5.41, 5.74) is 0. The fourth-order valence-corrected chi connectivity index (χ4v) is 1.74. The Kier molecular flexibility index (Phi) is 5.41. The minimum atomic E-state index is -0.0680. The normalized spacial score (nSPS) is 13.6. The van der Waals surface area contributed by atoms with Gasteiger partial charge in [0.05, 0.1) is 13.0 Å². The van der Waals surface area contributed by atoms with Crippen LogP contribution < -0.4 is 15.4 Å². The zero-order valence-electron chi connectivity index (χ0n) is 11.4. The molecule has 0 unspecified atom stereocenters. The first kappa shape index (κ1) is 14.4. The number of hydrogen-bond acceptors (Lipinski definition) is 3. The van der Waals surface area contributed by atoms with Crippen LogP contribution in [0.15, 0.2) is 30.3 Å². The molecule has 20 heavy (non-hydrogen) atoms. The molecule has 0 radical (unpaired) electrons. The highest BCUT2D eigenvalue weighted by molar-refractivity contribution is 5.81. The third-order valence-corrected chi connectivity index (χ3v) is 3.04. The van der Waals surface area contributed by atoms with Crippen molar-refractivity contribution in [1.29, 1.82) is 0 Å². The van der Waals surface area contributed by atoms with Crippen molar-refractivity contribution in [2.75, 3.05) is 19.7 Å². The highest BCUT2D eigenvalue weighted by Crippen LogP contribution is 2.28. The van der Waals surface area contributed by atoms with E-state index in [0.717, 1.165) is 18.6 Å². The van der Waals surface area contributed by atoms with Crippen LogP contribution in [0.3, 0.4) is 0 Å². The van der Waals surface area contributed by atoms with Crippen molar-refractivity contribution < 1.29 is 14.3 Å². The average molecular weight is 276 g/mol. The van der Waals surface area contributed by atoms with E-state index >= 15 is 0 Å². The van der Waals surface area contributed by atoms with Crippen LogP contribution in [0.4, 0.5) is 0 Å². The zero-order valence-corrected chi connectivity index (χ0v) is 11.4. The lowest BCUT2D eigenvalue weighted by Crippen LogP contribution is -2.35. The van der Waals surface area contributed by atoms with Crippen molar-refractivity contribution in [2.45, 2.75) is 19.3 Å². The molecule has 0 atom stereocenters. The van der Waals surface area contributed by atoms with E-state index in [2.05, 4.69) is 10.6 Å². The molecule has 1 fully saturated rings. The largest absolute Gasteiger partial charge is 0.493 e. The van der Waals surface area contributed by atoms with Gasteiger partial charge in [0.2, 0.25) is 11.8 Å². The molecule has 2 N–H and O–H groups in total. The van der Waals surface area contributed by atoms with Crippen LogP contribution in [0, 0.1) is 5.92 Å². The maximum absolute atomic E-state index is 11.5. The van der Waals surface area contributed by atoms with E-state index in [9.17, 15) is 9.59 Å². The van der Waals surface area contributed by atoms with Gasteiger partial charge in [-0.05, 0) is 25.0 Å². The Morgan fingerprint density at radius 3 is 2.50 bits per heavy atom. The van der Waals surface area contributed by atoms with Gasteiger partial charge in [0.25, 0.3) is 0 Å². The highest BCUT2D eigenvalue weighted by Gasteiger charge is 2.28. The van der Waals surface area contributed by atoms with Crippen molar-refractivity contribution in [3.05, 3.63) is 30.3 Å². The van der Waals surface area contributed by atoms with Crippen molar-refractivity contribution in [3.63, 3.8) is 0 Å². The third kappa shape index (κ3) is 5.30. The summed E-state index contributed by atoms with van der Waals surface area (Å²) < 4.78 is 5.43. The van der Waals surface area contributed by atoms with Gasteiger partial charge < -0.3 is 15.4 Å². The van der Waals surface area contributed by atoms with Gasteiger partial charge in [-0.15, -0.1) is 0 Å². The Hall–Kier alpha value is -2.04. The predicted octanol–water partition coefficient (Wildman–Crippen LogP) is 1.10. The highest BCUT2D eigenvalue weighted by atomic mass is 16.5. The van der Waals surface area contributed by atoms with E-state index in [1.165, 1.54) is 0 Å². The molecule has 0 spiro atoms. The first-order valence-corrected chi connectivity index (χ1v) is 6.98. The summed E-state index contributed by atoms with van der Waals surface area (Å²) >= 11 is 0. The van der Waals surface area contributed by atoms with Crippen molar-refractivity contribution >= 4 is 11.8 Å². The van der Waals surface area contributed by atoms with E-state index in [4.69, 9.17) is 4.74 Å². The van der Waals surface area contributed by atoms with Gasteiger partial charge in [-0.1, -0.05) is 18.2 Å². The molecular weight excluding hydrogens is 256 g/mol. The van der Waals surface area contributed by atoms with Crippen LogP contribution in [0.25, 0.3) is 0 Å². The van der Waals surface area contributed by atoms with Gasteiger partial charge in [0.15, 0.2) is 0 Å². The molecule has 108 valence electrons. The molecule has 0 bridgehead atoms. The number of carbonyl (C=O) groups excluding carboxylic acids is 2. The van der Waals surface area contributed by atoms with E-state index in [1.807, 2.05) is 30.3 Å². The Balaban J connectivity index is 1.48. The lowest BCUT2D eigenvalue weighted by atomic mass is 10.3. The van der Waals surface area contributed by atoms with E-state index in [0.29, 0.717) is 26.1 Å². The summed E-state index contributed by atoms with van der Waals surface area (Å²) in [6.45, 7) is 1.30. The molecule has 5 heteroatoms. The van der Waals surface area contributed by atoms with Gasteiger partial charge >= 0.3 is 0 Å². The average Bonchev–Trinajstić information content (AvgIpc) is 3.29. The lowest BCUT2D eigenvalue weighted by Gasteiger charge is -2.08. The first-order chi connectivity index (χ1) is 9.75. The monoisotopic (exact) mass is 276 g/mol. The molecule has 0 aromatic heterocycles. The fraction of sp³-hybridized carbons (Fsp3) is 0.467. The number of carbonyl (C=O) groups is 2. The molecule has 2 rings (SSSR count). The number of para-hydroxylation sites is 1. The van der Waals surface area contributed by atoms with Crippen molar-refractivity contribution in [1.82, 2.24) is 10.6 Å². The van der Waals surface area contributed by atoms with E-state index in [-0.39, 0.29) is 17.7 Å². The van der Waals surface area contributed by atoms with E-state index < -0.39 is 0 Å². The van der Waals surface area contributed by atoms with Crippen LogP contribution >= 0.6 is 0 Å². The van der Waals surface area contributed by atoms with Gasteiger partial charge in [-0.3, -0.25) is 9.59 Å². The number of amides is 2. The molecular formula is C15H20N2O3. The molecule has 1 aromatic rings. The van der Waals surface area contributed by atoms with Crippen LogP contribution in [0.2, 0.25) is 0 Å². The molecule has 2 amide bonds. The van der Waals surface area contributed by atoms with E-state index in [1.54, 1.807) is 0 Å². The Morgan fingerprint density at radius 1 is 1.10 bits per heavy atom. The molecule has 0 aliphatic heterocycles. The topological polar surface area (TPSA) is 67.4 Å². The van der Waals surface area contributed by atoms with Gasteiger partial charge in [-0.2, -0.15) is 0 Å².